The molecule has 2 saturated carbocycles. The number of hydrogen-bond acceptors (Lipinski definition) is 4. The minimum atomic E-state index is -0.804. The zero-order valence-electron chi connectivity index (χ0n) is 16.0. The molecule has 3 rings (SSSR count). The Labute approximate surface area is 160 Å². The molecule has 0 radical (unpaired) electrons. The number of urea groups is 1. The molecule has 7 nitrogen and oxygen atoms in total. The molecule has 1 aromatic carbocycles. The van der Waals surface area contributed by atoms with E-state index in [1.807, 2.05) is 24.0 Å². The second-order valence-electron chi connectivity index (χ2n) is 7.54. The Hall–Kier alpha value is -2.28. The number of likely N-dealkylation sites (N-methyl/N-ethyl adjacent to an activating group) is 1. The van der Waals surface area contributed by atoms with Gasteiger partial charge in [0.15, 0.2) is 0 Å². The average Bonchev–Trinajstić information content (AvgIpc) is 2.58. The van der Waals surface area contributed by atoms with Crippen molar-refractivity contribution in [3.63, 3.8) is 0 Å². The maximum atomic E-state index is 12.2. The summed E-state index contributed by atoms with van der Waals surface area (Å²) in [7, 11) is 1.67. The van der Waals surface area contributed by atoms with Crippen molar-refractivity contribution >= 4 is 12.0 Å². The van der Waals surface area contributed by atoms with E-state index >= 15 is 0 Å². The third-order valence-electron chi connectivity index (χ3n) is 5.75. The average molecular weight is 375 g/mol. The highest BCUT2D eigenvalue weighted by molar-refractivity contribution is 5.75. The number of carbonyl (C=O) groups excluding carboxylic acids is 1. The summed E-state index contributed by atoms with van der Waals surface area (Å²) in [6, 6.07) is 8.57. The van der Waals surface area contributed by atoms with Crippen molar-refractivity contribution < 1.29 is 19.4 Å². The van der Waals surface area contributed by atoms with Crippen molar-refractivity contribution in [2.75, 3.05) is 20.2 Å². The maximum absolute atomic E-state index is 12.2. The summed E-state index contributed by atoms with van der Waals surface area (Å²) in [5.74, 6) is 0.527. The standard InChI is InChI=1S/C20H29N3O4/c1-3-23(12-19(24)25)17-10-16(11-17)22-20(26)21-15-7-14(8-15)13-5-4-6-18(9-13)27-2/h4-6,9,14-17H,3,7-8,10-12H2,1-2H3,(H,24,25)(H2,21,22,26). The van der Waals surface area contributed by atoms with E-state index in [9.17, 15) is 9.59 Å². The van der Waals surface area contributed by atoms with Crippen LogP contribution in [0.4, 0.5) is 4.79 Å². The topological polar surface area (TPSA) is 90.9 Å². The number of ether oxygens (including phenoxy) is 1. The van der Waals surface area contributed by atoms with E-state index in [0.29, 0.717) is 12.5 Å². The van der Waals surface area contributed by atoms with E-state index in [1.54, 1.807) is 7.11 Å². The number of carbonyl (C=O) groups is 2. The van der Waals surface area contributed by atoms with E-state index < -0.39 is 5.97 Å². The van der Waals surface area contributed by atoms with E-state index in [2.05, 4.69) is 22.8 Å². The summed E-state index contributed by atoms with van der Waals surface area (Å²) in [6.45, 7) is 2.74. The highest BCUT2D eigenvalue weighted by Crippen LogP contribution is 2.38. The van der Waals surface area contributed by atoms with Crippen molar-refractivity contribution in [1.29, 1.82) is 0 Å². The lowest BCUT2D eigenvalue weighted by Gasteiger charge is -2.43. The van der Waals surface area contributed by atoms with Gasteiger partial charge in [0.1, 0.15) is 5.75 Å². The van der Waals surface area contributed by atoms with Gasteiger partial charge in [-0.2, -0.15) is 0 Å². The molecule has 0 bridgehead atoms. The van der Waals surface area contributed by atoms with Crippen LogP contribution < -0.4 is 15.4 Å². The van der Waals surface area contributed by atoms with Gasteiger partial charge in [-0.25, -0.2) is 4.79 Å². The van der Waals surface area contributed by atoms with Gasteiger partial charge in [0.05, 0.1) is 13.7 Å². The molecule has 148 valence electrons. The van der Waals surface area contributed by atoms with Gasteiger partial charge in [-0.1, -0.05) is 19.1 Å². The molecule has 0 spiro atoms. The van der Waals surface area contributed by atoms with Crippen molar-refractivity contribution in [2.24, 2.45) is 0 Å². The largest absolute Gasteiger partial charge is 0.497 e. The smallest absolute Gasteiger partial charge is 0.317 e. The Balaban J connectivity index is 1.35. The summed E-state index contributed by atoms with van der Waals surface area (Å²) >= 11 is 0. The molecule has 3 N–H and O–H groups in total. The van der Waals surface area contributed by atoms with E-state index in [-0.39, 0.29) is 30.7 Å². The molecule has 0 aliphatic heterocycles. The highest BCUT2D eigenvalue weighted by atomic mass is 16.5. The van der Waals surface area contributed by atoms with Gasteiger partial charge >= 0.3 is 12.0 Å². The number of hydrogen-bond donors (Lipinski definition) is 3. The molecule has 1 aromatic rings. The number of nitrogens with one attached hydrogen (secondary N) is 2. The number of rotatable bonds is 8. The molecule has 0 aromatic heterocycles. The molecule has 2 aliphatic rings. The minimum absolute atomic E-state index is 0.0633. The van der Waals surface area contributed by atoms with Gasteiger partial charge in [-0.3, -0.25) is 9.69 Å². The second kappa shape index (κ2) is 8.61. The molecule has 0 unspecified atom stereocenters. The summed E-state index contributed by atoms with van der Waals surface area (Å²) in [5, 5.41) is 15.0. The molecule has 0 heterocycles. The zero-order valence-corrected chi connectivity index (χ0v) is 16.0. The lowest BCUT2D eigenvalue weighted by atomic mass is 9.76. The number of carboxylic acids is 1. The number of nitrogens with zero attached hydrogens (tertiary/aromatic N) is 1. The minimum Gasteiger partial charge on any atom is -0.497 e. The Morgan fingerprint density at radius 3 is 2.44 bits per heavy atom. The van der Waals surface area contributed by atoms with Crippen molar-refractivity contribution in [3.8, 4) is 5.75 Å². The van der Waals surface area contributed by atoms with Crippen LogP contribution in [0, 0.1) is 0 Å². The van der Waals surface area contributed by atoms with Crippen LogP contribution in [0.5, 0.6) is 5.75 Å². The summed E-state index contributed by atoms with van der Waals surface area (Å²) in [4.78, 5) is 25.0. The molecule has 0 atom stereocenters. The first-order chi connectivity index (χ1) is 13.0. The Morgan fingerprint density at radius 2 is 1.85 bits per heavy atom. The second-order valence-corrected chi connectivity index (χ2v) is 7.54. The molecule has 7 heteroatoms. The Bertz CT molecular complexity index is 669. The lowest BCUT2D eigenvalue weighted by molar-refractivity contribution is -0.139. The molecular weight excluding hydrogens is 346 g/mol. The normalized spacial score (nSPS) is 26.6. The first-order valence-corrected chi connectivity index (χ1v) is 9.65. The zero-order chi connectivity index (χ0) is 19.4. The van der Waals surface area contributed by atoms with Crippen LogP contribution >= 0.6 is 0 Å². The number of methoxy groups -OCH3 is 1. The van der Waals surface area contributed by atoms with Crippen LogP contribution in [-0.2, 0) is 4.79 Å². The van der Waals surface area contributed by atoms with Gasteiger partial charge < -0.3 is 20.5 Å². The van der Waals surface area contributed by atoms with Crippen LogP contribution in [0.15, 0.2) is 24.3 Å². The molecule has 2 amide bonds. The summed E-state index contributed by atoms with van der Waals surface area (Å²) in [5.41, 5.74) is 1.26. The number of carboxylic acid groups (broad SMARTS) is 1. The number of aliphatic carboxylic acids is 1. The maximum Gasteiger partial charge on any atom is 0.317 e. The van der Waals surface area contributed by atoms with E-state index in [0.717, 1.165) is 31.4 Å². The lowest BCUT2D eigenvalue weighted by Crippen LogP contribution is -2.58. The fourth-order valence-corrected chi connectivity index (χ4v) is 3.99. The number of amides is 2. The first-order valence-electron chi connectivity index (χ1n) is 9.65. The summed E-state index contributed by atoms with van der Waals surface area (Å²) < 4.78 is 5.27. The highest BCUT2D eigenvalue weighted by Gasteiger charge is 2.36. The van der Waals surface area contributed by atoms with Gasteiger partial charge in [0.2, 0.25) is 0 Å². The third kappa shape index (κ3) is 4.91. The quantitative estimate of drug-likeness (QED) is 0.648. The molecule has 2 aliphatic carbocycles. The van der Waals surface area contributed by atoms with Crippen molar-refractivity contribution in [2.45, 2.75) is 56.7 Å². The Morgan fingerprint density at radius 1 is 1.19 bits per heavy atom. The van der Waals surface area contributed by atoms with E-state index in [4.69, 9.17) is 9.84 Å². The molecule has 2 fully saturated rings. The van der Waals surface area contributed by atoms with Crippen LogP contribution in [0.3, 0.4) is 0 Å². The fraction of sp³-hybridized carbons (Fsp3) is 0.600. The first kappa shape index (κ1) is 19.5. The van der Waals surface area contributed by atoms with Crippen LogP contribution in [0.1, 0.15) is 44.1 Å². The molecule has 0 saturated heterocycles. The van der Waals surface area contributed by atoms with Crippen LogP contribution in [-0.4, -0.2) is 60.3 Å². The summed E-state index contributed by atoms with van der Waals surface area (Å²) in [6.07, 6.45) is 3.50. The van der Waals surface area contributed by atoms with Gasteiger partial charge in [-0.05, 0) is 55.8 Å². The predicted molar refractivity (Wildman–Crippen MR) is 102 cm³/mol. The van der Waals surface area contributed by atoms with Crippen molar-refractivity contribution in [3.05, 3.63) is 29.8 Å². The molecule has 27 heavy (non-hydrogen) atoms. The third-order valence-corrected chi connectivity index (χ3v) is 5.75. The SMILES string of the molecule is CCN(CC(=O)O)C1CC(NC(=O)NC2CC(c3cccc(OC)c3)C2)C1. The molecular formula is C20H29N3O4. The fourth-order valence-electron chi connectivity index (χ4n) is 3.99. The number of benzene rings is 1. The van der Waals surface area contributed by atoms with Gasteiger partial charge in [0, 0.05) is 18.1 Å². The van der Waals surface area contributed by atoms with Gasteiger partial charge in [0.25, 0.3) is 0 Å². The van der Waals surface area contributed by atoms with Crippen LogP contribution in [0.25, 0.3) is 0 Å². The predicted octanol–water partition coefficient (Wildman–Crippen LogP) is 2.18. The van der Waals surface area contributed by atoms with Gasteiger partial charge in [-0.15, -0.1) is 0 Å². The van der Waals surface area contributed by atoms with Crippen LogP contribution in [0.2, 0.25) is 0 Å². The van der Waals surface area contributed by atoms with Crippen molar-refractivity contribution in [1.82, 2.24) is 15.5 Å². The van der Waals surface area contributed by atoms with E-state index in [1.165, 1.54) is 5.56 Å². The monoisotopic (exact) mass is 375 g/mol. The Kier molecular flexibility index (Phi) is 6.21.